The third-order valence-electron chi connectivity index (χ3n) is 4.90. The van der Waals surface area contributed by atoms with E-state index in [1.165, 1.54) is 0 Å². The molecule has 1 aliphatic heterocycles. The third-order valence-corrected chi connectivity index (χ3v) is 4.90. The first kappa shape index (κ1) is 17.7. The monoisotopic (exact) mass is 368 g/mol. The van der Waals surface area contributed by atoms with E-state index in [2.05, 4.69) is 16.3 Å². The first-order valence-electron chi connectivity index (χ1n) is 9.24. The van der Waals surface area contributed by atoms with Crippen molar-refractivity contribution in [3.8, 4) is 17.2 Å². The van der Waals surface area contributed by atoms with Gasteiger partial charge in [-0.05, 0) is 36.6 Å². The van der Waals surface area contributed by atoms with Gasteiger partial charge in [0.15, 0.2) is 11.5 Å². The van der Waals surface area contributed by atoms with Gasteiger partial charge in [0, 0.05) is 24.7 Å². The summed E-state index contributed by atoms with van der Waals surface area (Å²) in [6.45, 7) is 1.83. The Balaban J connectivity index is 1.34. The summed E-state index contributed by atoms with van der Waals surface area (Å²) in [5.41, 5.74) is 2.10. The standard InChI is InChI=1S/C21H24N2O4/c1-25-18-5-3-2-4-16(18)12-23(17-7-8-17)13-21(24)22-11-15-6-9-19-20(10-15)27-14-26-19/h2-6,9-10,17H,7-8,11-14H2,1H3,(H,22,24). The number of nitrogens with zero attached hydrogens (tertiary/aromatic N) is 1. The Labute approximate surface area is 159 Å². The van der Waals surface area contributed by atoms with Crippen LogP contribution in [0.2, 0.25) is 0 Å². The number of hydrogen-bond acceptors (Lipinski definition) is 5. The van der Waals surface area contributed by atoms with Crippen LogP contribution in [0.1, 0.15) is 24.0 Å². The topological polar surface area (TPSA) is 60.0 Å². The summed E-state index contributed by atoms with van der Waals surface area (Å²) >= 11 is 0. The van der Waals surface area contributed by atoms with E-state index in [-0.39, 0.29) is 12.7 Å². The summed E-state index contributed by atoms with van der Waals surface area (Å²) in [6, 6.07) is 14.2. The summed E-state index contributed by atoms with van der Waals surface area (Å²) in [5.74, 6) is 2.37. The van der Waals surface area contributed by atoms with Gasteiger partial charge in [-0.15, -0.1) is 0 Å². The van der Waals surface area contributed by atoms with E-state index < -0.39 is 0 Å². The molecule has 0 aromatic heterocycles. The van der Waals surface area contributed by atoms with Gasteiger partial charge in [0.1, 0.15) is 5.75 Å². The van der Waals surface area contributed by atoms with Crippen LogP contribution < -0.4 is 19.5 Å². The fraction of sp³-hybridized carbons (Fsp3) is 0.381. The molecule has 1 saturated carbocycles. The zero-order valence-corrected chi connectivity index (χ0v) is 15.4. The average Bonchev–Trinajstić information content (AvgIpc) is 3.43. The SMILES string of the molecule is COc1ccccc1CN(CC(=O)NCc1ccc2c(c1)OCO2)C1CC1. The van der Waals surface area contributed by atoms with Crippen LogP contribution in [0, 0.1) is 0 Å². The fourth-order valence-electron chi connectivity index (χ4n) is 3.30. The Hall–Kier alpha value is -2.73. The van der Waals surface area contributed by atoms with Gasteiger partial charge in [0.05, 0.1) is 13.7 Å². The van der Waals surface area contributed by atoms with Crippen LogP contribution in [0.25, 0.3) is 0 Å². The molecular formula is C21H24N2O4. The minimum atomic E-state index is 0.0227. The molecule has 1 fully saturated rings. The number of amides is 1. The molecular weight excluding hydrogens is 344 g/mol. The van der Waals surface area contributed by atoms with Crippen molar-refractivity contribution in [1.82, 2.24) is 10.2 Å². The molecule has 6 heteroatoms. The maximum Gasteiger partial charge on any atom is 0.234 e. The molecule has 0 unspecified atom stereocenters. The molecule has 2 aromatic carbocycles. The number of para-hydroxylation sites is 1. The highest BCUT2D eigenvalue weighted by Gasteiger charge is 2.30. The molecule has 1 aliphatic carbocycles. The number of nitrogens with one attached hydrogen (secondary N) is 1. The molecule has 2 aromatic rings. The highest BCUT2D eigenvalue weighted by Crippen LogP contribution is 2.32. The first-order chi connectivity index (χ1) is 13.2. The van der Waals surface area contributed by atoms with Crippen LogP contribution in [0.3, 0.4) is 0 Å². The van der Waals surface area contributed by atoms with Gasteiger partial charge in [-0.1, -0.05) is 24.3 Å². The van der Waals surface area contributed by atoms with Crippen LogP contribution in [0.5, 0.6) is 17.2 Å². The van der Waals surface area contributed by atoms with Crippen molar-refractivity contribution in [3.63, 3.8) is 0 Å². The molecule has 0 atom stereocenters. The molecule has 0 saturated heterocycles. The second kappa shape index (κ2) is 7.88. The van der Waals surface area contributed by atoms with E-state index in [1.807, 2.05) is 36.4 Å². The highest BCUT2D eigenvalue weighted by molar-refractivity contribution is 5.78. The highest BCUT2D eigenvalue weighted by atomic mass is 16.7. The lowest BCUT2D eigenvalue weighted by atomic mass is 10.2. The average molecular weight is 368 g/mol. The smallest absolute Gasteiger partial charge is 0.234 e. The predicted octanol–water partition coefficient (Wildman–Crippen LogP) is 2.70. The zero-order valence-electron chi connectivity index (χ0n) is 15.4. The van der Waals surface area contributed by atoms with E-state index in [9.17, 15) is 4.79 Å². The Kier molecular flexibility index (Phi) is 5.16. The minimum Gasteiger partial charge on any atom is -0.496 e. The molecule has 1 amide bonds. The summed E-state index contributed by atoms with van der Waals surface area (Å²) in [5, 5.41) is 3.01. The second-order valence-corrected chi connectivity index (χ2v) is 6.91. The van der Waals surface area contributed by atoms with Crippen LogP contribution in [0.4, 0.5) is 0 Å². The van der Waals surface area contributed by atoms with Gasteiger partial charge in [0.2, 0.25) is 12.7 Å². The molecule has 0 bridgehead atoms. The largest absolute Gasteiger partial charge is 0.496 e. The van der Waals surface area contributed by atoms with Crippen molar-refractivity contribution in [2.75, 3.05) is 20.4 Å². The Morgan fingerprint density at radius 1 is 1.19 bits per heavy atom. The van der Waals surface area contributed by atoms with Crippen LogP contribution >= 0.6 is 0 Å². The van der Waals surface area contributed by atoms with E-state index in [0.29, 0.717) is 25.7 Å². The van der Waals surface area contributed by atoms with Crippen LogP contribution in [-0.2, 0) is 17.9 Å². The summed E-state index contributed by atoms with van der Waals surface area (Å²) in [4.78, 5) is 14.7. The summed E-state index contributed by atoms with van der Waals surface area (Å²) in [7, 11) is 1.68. The van der Waals surface area contributed by atoms with E-state index >= 15 is 0 Å². The number of rotatable bonds is 8. The van der Waals surface area contributed by atoms with Crippen LogP contribution in [-0.4, -0.2) is 37.3 Å². The van der Waals surface area contributed by atoms with Crippen molar-refractivity contribution in [2.45, 2.75) is 32.0 Å². The Morgan fingerprint density at radius 2 is 2.00 bits per heavy atom. The summed E-state index contributed by atoms with van der Waals surface area (Å²) < 4.78 is 16.1. The van der Waals surface area contributed by atoms with Crippen molar-refractivity contribution in [3.05, 3.63) is 53.6 Å². The lowest BCUT2D eigenvalue weighted by Gasteiger charge is -2.22. The Bertz CT molecular complexity index is 820. The molecule has 0 spiro atoms. The van der Waals surface area contributed by atoms with Gasteiger partial charge in [-0.3, -0.25) is 9.69 Å². The number of ether oxygens (including phenoxy) is 3. The maximum atomic E-state index is 12.5. The first-order valence-corrected chi connectivity index (χ1v) is 9.24. The lowest BCUT2D eigenvalue weighted by molar-refractivity contribution is -0.122. The molecule has 1 N–H and O–H groups in total. The molecule has 1 heterocycles. The lowest BCUT2D eigenvalue weighted by Crippen LogP contribution is -2.37. The van der Waals surface area contributed by atoms with E-state index in [4.69, 9.17) is 14.2 Å². The second-order valence-electron chi connectivity index (χ2n) is 6.91. The summed E-state index contributed by atoms with van der Waals surface area (Å²) in [6.07, 6.45) is 2.29. The number of carbonyl (C=O) groups is 1. The molecule has 142 valence electrons. The number of hydrogen-bond donors (Lipinski definition) is 1. The van der Waals surface area contributed by atoms with Gasteiger partial charge < -0.3 is 19.5 Å². The minimum absolute atomic E-state index is 0.0227. The van der Waals surface area contributed by atoms with Crippen molar-refractivity contribution in [2.24, 2.45) is 0 Å². The number of benzene rings is 2. The van der Waals surface area contributed by atoms with Gasteiger partial charge in [0.25, 0.3) is 0 Å². The molecule has 27 heavy (non-hydrogen) atoms. The van der Waals surface area contributed by atoms with E-state index in [1.54, 1.807) is 7.11 Å². The molecule has 6 nitrogen and oxygen atoms in total. The normalized spacial score (nSPS) is 15.0. The van der Waals surface area contributed by atoms with E-state index in [0.717, 1.165) is 41.2 Å². The third kappa shape index (κ3) is 4.34. The van der Waals surface area contributed by atoms with Gasteiger partial charge >= 0.3 is 0 Å². The van der Waals surface area contributed by atoms with Crippen molar-refractivity contribution in [1.29, 1.82) is 0 Å². The number of fused-ring (bicyclic) bond motifs is 1. The van der Waals surface area contributed by atoms with Crippen LogP contribution in [0.15, 0.2) is 42.5 Å². The zero-order chi connectivity index (χ0) is 18.6. The Morgan fingerprint density at radius 3 is 2.81 bits per heavy atom. The maximum absolute atomic E-state index is 12.5. The molecule has 2 aliphatic rings. The predicted molar refractivity (Wildman–Crippen MR) is 101 cm³/mol. The van der Waals surface area contributed by atoms with Crippen molar-refractivity contribution >= 4 is 5.91 Å². The van der Waals surface area contributed by atoms with Gasteiger partial charge in [-0.25, -0.2) is 0 Å². The fourth-order valence-corrected chi connectivity index (χ4v) is 3.30. The number of carbonyl (C=O) groups excluding carboxylic acids is 1. The van der Waals surface area contributed by atoms with Gasteiger partial charge in [-0.2, -0.15) is 0 Å². The molecule has 4 rings (SSSR count). The molecule has 0 radical (unpaired) electrons. The van der Waals surface area contributed by atoms with Crippen molar-refractivity contribution < 1.29 is 19.0 Å². The quantitative estimate of drug-likeness (QED) is 0.776. The number of methoxy groups -OCH3 is 1.